The van der Waals surface area contributed by atoms with Gasteiger partial charge >= 0.3 is 5.97 Å². The van der Waals surface area contributed by atoms with E-state index in [2.05, 4.69) is 11.8 Å². The summed E-state index contributed by atoms with van der Waals surface area (Å²) in [5.41, 5.74) is -0.185. The smallest absolute Gasteiger partial charge is 0.342 e. The molecule has 1 aromatic carbocycles. The first-order chi connectivity index (χ1) is 18.6. The number of hydrogen-bond acceptors (Lipinski definition) is 7. The highest BCUT2D eigenvalue weighted by Crippen LogP contribution is 2.41. The van der Waals surface area contributed by atoms with Crippen LogP contribution >= 0.6 is 0 Å². The molecule has 1 N–H and O–H groups in total. The van der Waals surface area contributed by atoms with E-state index in [4.69, 9.17) is 24.0 Å². The van der Waals surface area contributed by atoms with Crippen LogP contribution in [0, 0.1) is 23.1 Å². The molecule has 3 rings (SSSR count). The number of rotatable bonds is 10. The molecule has 7 nitrogen and oxygen atoms in total. The van der Waals surface area contributed by atoms with Crippen molar-refractivity contribution in [1.29, 1.82) is 0 Å². The Morgan fingerprint density at radius 1 is 1.13 bits per heavy atom. The zero-order valence-corrected chi connectivity index (χ0v) is 22.9. The van der Waals surface area contributed by atoms with Crippen LogP contribution in [0.1, 0.15) is 59.3 Å². The lowest BCUT2D eigenvalue weighted by molar-refractivity contribution is -0.288. The van der Waals surface area contributed by atoms with Crippen molar-refractivity contribution in [3.8, 4) is 17.6 Å². The predicted molar refractivity (Wildman–Crippen MR) is 145 cm³/mol. The summed E-state index contributed by atoms with van der Waals surface area (Å²) in [4.78, 5) is 22.2. The van der Waals surface area contributed by atoms with Crippen molar-refractivity contribution >= 4 is 5.97 Å². The van der Waals surface area contributed by atoms with Gasteiger partial charge in [0.05, 0.1) is 6.42 Å². The van der Waals surface area contributed by atoms with Crippen molar-refractivity contribution in [2.45, 2.75) is 83.4 Å². The summed E-state index contributed by atoms with van der Waals surface area (Å²) in [5, 5.41) is 9.95. The summed E-state index contributed by atoms with van der Waals surface area (Å²) in [6.07, 6.45) is 13.8. The summed E-state index contributed by atoms with van der Waals surface area (Å²) in [7, 11) is 0. The molecule has 0 radical (unpaired) electrons. The zero-order valence-electron chi connectivity index (χ0n) is 22.9. The molecule has 2 fully saturated rings. The molecule has 1 aliphatic heterocycles. The summed E-state index contributed by atoms with van der Waals surface area (Å²) in [6.45, 7) is 5.99. The van der Waals surface area contributed by atoms with Gasteiger partial charge < -0.3 is 19.3 Å². The number of carbonyl (C=O) groups is 1. The summed E-state index contributed by atoms with van der Waals surface area (Å²) < 4.78 is 30.9. The SMILES string of the molecule is CC(C)(C)CC(=O)OOC[C@@H]1OC2(CCCCC2)O[C@@H]1C=CC=CC#CC=C[C@H](O)COc1ccc(F)cc1. The van der Waals surface area contributed by atoms with E-state index < -0.39 is 24.0 Å². The van der Waals surface area contributed by atoms with Gasteiger partial charge in [-0.15, -0.1) is 0 Å². The number of hydrogen-bond donors (Lipinski definition) is 1. The minimum Gasteiger partial charge on any atom is -0.491 e. The first-order valence-electron chi connectivity index (χ1n) is 13.4. The van der Waals surface area contributed by atoms with Gasteiger partial charge in [0.1, 0.15) is 43.1 Å². The monoisotopic (exact) mass is 542 g/mol. The summed E-state index contributed by atoms with van der Waals surface area (Å²) >= 11 is 0. The Kier molecular flexibility index (Phi) is 11.8. The molecule has 1 spiro atoms. The second-order valence-electron chi connectivity index (χ2n) is 10.9. The highest BCUT2D eigenvalue weighted by atomic mass is 19.1. The Morgan fingerprint density at radius 2 is 1.85 bits per heavy atom. The highest BCUT2D eigenvalue weighted by molar-refractivity contribution is 5.69. The minimum atomic E-state index is -0.841. The van der Waals surface area contributed by atoms with Crippen LogP contribution in [-0.4, -0.2) is 48.4 Å². The van der Waals surface area contributed by atoms with Crippen LogP contribution in [0.15, 0.2) is 60.7 Å². The Morgan fingerprint density at radius 3 is 2.56 bits per heavy atom. The lowest BCUT2D eigenvalue weighted by Crippen LogP contribution is -2.34. The minimum absolute atomic E-state index is 0.0357. The normalized spacial score (nSPS) is 21.9. The lowest BCUT2D eigenvalue weighted by atomic mass is 9.93. The standard InChI is InChI=1S/C31H39FO7/c1-30(2,3)21-29(34)39-36-23-28-27(37-31(38-28)19-11-8-12-20-31)14-10-7-5-4-6-9-13-25(33)22-35-26-17-15-24(32)16-18-26/h5,7,9-10,13-18,25,27-28,33H,8,11-12,19-23H2,1-3H3/t25-,27+,28-/m0/s1. The van der Waals surface area contributed by atoms with Gasteiger partial charge in [-0.3, -0.25) is 4.89 Å². The van der Waals surface area contributed by atoms with E-state index >= 15 is 0 Å². The van der Waals surface area contributed by atoms with Gasteiger partial charge in [-0.05, 0) is 60.8 Å². The van der Waals surface area contributed by atoms with Crippen molar-refractivity contribution in [2.75, 3.05) is 13.2 Å². The van der Waals surface area contributed by atoms with Gasteiger partial charge in [-0.2, -0.15) is 4.89 Å². The Hall–Kier alpha value is -2.96. The molecule has 1 heterocycles. The van der Waals surface area contributed by atoms with Gasteiger partial charge in [-0.1, -0.05) is 57.3 Å². The summed E-state index contributed by atoms with van der Waals surface area (Å²) in [6, 6.07) is 5.59. The van der Waals surface area contributed by atoms with Gasteiger partial charge in [0.2, 0.25) is 0 Å². The third-order valence-electron chi connectivity index (χ3n) is 6.07. The maximum absolute atomic E-state index is 12.9. The molecule has 1 saturated carbocycles. The quantitative estimate of drug-likeness (QED) is 0.179. The molecule has 3 atom stereocenters. The fraction of sp³-hybridized carbons (Fsp3) is 0.516. The van der Waals surface area contributed by atoms with Crippen LogP contribution in [0.5, 0.6) is 5.75 Å². The fourth-order valence-corrected chi connectivity index (χ4v) is 4.24. The molecule has 8 heteroatoms. The Labute approximate surface area is 230 Å². The Bertz CT molecular complexity index is 1050. The third-order valence-corrected chi connectivity index (χ3v) is 6.07. The molecule has 1 aliphatic carbocycles. The molecule has 0 bridgehead atoms. The highest BCUT2D eigenvalue weighted by Gasteiger charge is 2.47. The van der Waals surface area contributed by atoms with E-state index in [1.165, 1.54) is 30.3 Å². The van der Waals surface area contributed by atoms with Gasteiger partial charge in [0, 0.05) is 12.8 Å². The second-order valence-corrected chi connectivity index (χ2v) is 10.9. The number of halogens is 1. The Balaban J connectivity index is 1.45. The first-order valence-corrected chi connectivity index (χ1v) is 13.4. The number of aliphatic hydroxyl groups excluding tert-OH is 1. The van der Waals surface area contributed by atoms with E-state index in [-0.39, 0.29) is 37.0 Å². The zero-order chi connectivity index (χ0) is 28.1. The maximum atomic E-state index is 12.9. The number of aliphatic hydroxyl groups is 1. The number of ether oxygens (including phenoxy) is 3. The van der Waals surface area contributed by atoms with E-state index in [9.17, 15) is 14.3 Å². The molecule has 0 unspecified atom stereocenters. The van der Waals surface area contributed by atoms with Gasteiger partial charge in [-0.25, -0.2) is 9.18 Å². The molecular weight excluding hydrogens is 503 g/mol. The maximum Gasteiger partial charge on any atom is 0.342 e. The van der Waals surface area contributed by atoms with E-state index in [0.29, 0.717) is 5.75 Å². The van der Waals surface area contributed by atoms with E-state index in [0.717, 1.165) is 32.1 Å². The second kappa shape index (κ2) is 15.0. The van der Waals surface area contributed by atoms with Crippen molar-refractivity contribution in [2.24, 2.45) is 5.41 Å². The van der Waals surface area contributed by atoms with Crippen molar-refractivity contribution in [3.63, 3.8) is 0 Å². The topological polar surface area (TPSA) is 83.5 Å². The molecular formula is C31H39FO7. The number of carbonyl (C=O) groups excluding carboxylic acids is 1. The average Bonchev–Trinajstić information content (AvgIpc) is 3.20. The molecule has 0 aromatic heterocycles. The van der Waals surface area contributed by atoms with E-state index in [1.807, 2.05) is 32.9 Å². The first kappa shape index (κ1) is 30.6. The molecule has 1 saturated heterocycles. The fourth-order valence-electron chi connectivity index (χ4n) is 4.24. The van der Waals surface area contributed by atoms with Crippen LogP contribution in [0.2, 0.25) is 0 Å². The average molecular weight is 543 g/mol. The summed E-state index contributed by atoms with van der Waals surface area (Å²) in [5.74, 6) is 4.78. The number of allylic oxidation sites excluding steroid dienone is 4. The molecule has 1 aromatic rings. The van der Waals surface area contributed by atoms with Crippen LogP contribution in [0.3, 0.4) is 0 Å². The molecule has 0 amide bonds. The predicted octanol–water partition coefficient (Wildman–Crippen LogP) is 5.59. The van der Waals surface area contributed by atoms with Crippen LogP contribution in [0.25, 0.3) is 0 Å². The number of benzene rings is 1. The van der Waals surface area contributed by atoms with Crippen LogP contribution in [-0.2, 0) is 24.0 Å². The molecule has 212 valence electrons. The third kappa shape index (κ3) is 11.4. The largest absolute Gasteiger partial charge is 0.491 e. The lowest BCUT2D eigenvalue weighted by Gasteiger charge is -2.31. The van der Waals surface area contributed by atoms with Crippen LogP contribution in [0.4, 0.5) is 4.39 Å². The van der Waals surface area contributed by atoms with E-state index in [1.54, 1.807) is 18.2 Å². The van der Waals surface area contributed by atoms with Crippen molar-refractivity contribution in [1.82, 2.24) is 0 Å². The molecule has 39 heavy (non-hydrogen) atoms. The van der Waals surface area contributed by atoms with Crippen molar-refractivity contribution < 1.29 is 38.3 Å². The van der Waals surface area contributed by atoms with Crippen LogP contribution < -0.4 is 4.74 Å². The molecule has 2 aliphatic rings. The van der Waals surface area contributed by atoms with Crippen molar-refractivity contribution in [3.05, 3.63) is 66.5 Å². The van der Waals surface area contributed by atoms with Gasteiger partial charge in [0.25, 0.3) is 0 Å². The van der Waals surface area contributed by atoms with Gasteiger partial charge in [0.15, 0.2) is 5.79 Å².